The number of carbonyl (C=O) groups excluding carboxylic acids is 2. The quantitative estimate of drug-likeness (QED) is 0.314. The maximum Gasteiger partial charge on any atom is 0.316 e. The van der Waals surface area contributed by atoms with Crippen LogP contribution in [0.3, 0.4) is 0 Å². The third-order valence-electron chi connectivity index (χ3n) is 9.31. The number of benzene rings is 1. The van der Waals surface area contributed by atoms with Crippen molar-refractivity contribution in [2.24, 2.45) is 0 Å². The zero-order valence-corrected chi connectivity index (χ0v) is 25.4. The van der Waals surface area contributed by atoms with Gasteiger partial charge in [0.1, 0.15) is 12.4 Å². The fourth-order valence-corrected chi connectivity index (χ4v) is 7.17. The van der Waals surface area contributed by atoms with E-state index in [-0.39, 0.29) is 55.0 Å². The number of nitrogens with one attached hydrogen (secondary N) is 1. The summed E-state index contributed by atoms with van der Waals surface area (Å²) < 4.78 is 28.2. The Morgan fingerprint density at radius 3 is 2.69 bits per heavy atom. The van der Waals surface area contributed by atoms with E-state index < -0.39 is 11.0 Å². The minimum atomic E-state index is -0.950. The monoisotopic (exact) mass is 575 g/mol. The number of fused-ring (bicyclic) bond motifs is 5. The van der Waals surface area contributed by atoms with Crippen molar-refractivity contribution in [2.45, 2.75) is 110 Å². The minimum Gasteiger partial charge on any atom is -0.460 e. The summed E-state index contributed by atoms with van der Waals surface area (Å²) in [6, 6.07) is 3.01. The van der Waals surface area contributed by atoms with Crippen LogP contribution >= 0.6 is 0 Å². The van der Waals surface area contributed by atoms with E-state index in [0.717, 1.165) is 22.1 Å². The Hall–Kier alpha value is -3.59. The molecule has 3 aliphatic rings. The summed E-state index contributed by atoms with van der Waals surface area (Å²) in [5, 5.41) is 4.10. The zero-order valence-electron chi connectivity index (χ0n) is 25.4. The predicted octanol–water partition coefficient (Wildman–Crippen LogP) is 5.29. The van der Waals surface area contributed by atoms with E-state index in [0.29, 0.717) is 52.9 Å². The second-order valence-electron chi connectivity index (χ2n) is 13.0. The van der Waals surface area contributed by atoms with E-state index in [9.17, 15) is 14.4 Å². The average Bonchev–Trinajstić information content (AvgIpc) is 3.27. The molecule has 1 N–H and O–H groups in total. The topological polar surface area (TPSA) is 99.5 Å². The molecule has 1 aliphatic carbocycles. The number of cyclic esters (lactones) is 1. The molecule has 0 radical (unpaired) electrons. The van der Waals surface area contributed by atoms with E-state index in [1.165, 1.54) is 6.07 Å². The third kappa shape index (κ3) is 4.27. The molecule has 6 rings (SSSR count). The van der Waals surface area contributed by atoms with Crippen molar-refractivity contribution in [3.63, 3.8) is 0 Å². The summed E-state index contributed by atoms with van der Waals surface area (Å²) in [4.78, 5) is 45.0. The SMILES string of the molecule is CC[C@@]1(C)C(=O)OCc2c1cc1n(c2=O)Cc2c-1nc1cc(F)c(C)c3c1c2[C@@H](NC(=O)CC(C)(C)OC(C)C)CC3. The Morgan fingerprint density at radius 1 is 1.26 bits per heavy atom. The van der Waals surface area contributed by atoms with Gasteiger partial charge in [-0.15, -0.1) is 0 Å². The van der Waals surface area contributed by atoms with Crippen molar-refractivity contribution in [1.29, 1.82) is 0 Å². The first-order valence-corrected chi connectivity index (χ1v) is 14.8. The van der Waals surface area contributed by atoms with Gasteiger partial charge in [0.15, 0.2) is 0 Å². The molecule has 0 fully saturated rings. The Kier molecular flexibility index (Phi) is 6.61. The number of ether oxygens (including phenoxy) is 2. The van der Waals surface area contributed by atoms with Crippen LogP contribution in [0, 0.1) is 12.7 Å². The molecule has 2 atom stereocenters. The summed E-state index contributed by atoms with van der Waals surface area (Å²) >= 11 is 0. The van der Waals surface area contributed by atoms with Gasteiger partial charge in [0.25, 0.3) is 5.56 Å². The van der Waals surface area contributed by atoms with E-state index in [4.69, 9.17) is 14.5 Å². The van der Waals surface area contributed by atoms with Gasteiger partial charge in [-0.3, -0.25) is 14.4 Å². The molecule has 2 aromatic heterocycles. The van der Waals surface area contributed by atoms with Crippen LogP contribution in [0.25, 0.3) is 22.3 Å². The minimum absolute atomic E-state index is 0.0202. The van der Waals surface area contributed by atoms with Crippen molar-refractivity contribution in [2.75, 3.05) is 0 Å². The summed E-state index contributed by atoms with van der Waals surface area (Å²) in [5.74, 6) is -0.812. The molecule has 9 heteroatoms. The smallest absolute Gasteiger partial charge is 0.316 e. The fourth-order valence-electron chi connectivity index (χ4n) is 7.17. The first kappa shape index (κ1) is 28.5. The number of rotatable bonds is 6. The highest BCUT2D eigenvalue weighted by molar-refractivity contribution is 5.94. The fraction of sp³-hybridized carbons (Fsp3) is 0.515. The number of esters is 1. The molecule has 42 heavy (non-hydrogen) atoms. The highest BCUT2D eigenvalue weighted by Crippen LogP contribution is 2.46. The summed E-state index contributed by atoms with van der Waals surface area (Å²) in [7, 11) is 0. The van der Waals surface area contributed by atoms with E-state index in [1.807, 2.05) is 40.7 Å². The van der Waals surface area contributed by atoms with Crippen LogP contribution in [0.15, 0.2) is 16.9 Å². The van der Waals surface area contributed by atoms with E-state index >= 15 is 4.39 Å². The number of carbonyl (C=O) groups is 2. The molecule has 0 saturated heterocycles. The van der Waals surface area contributed by atoms with Crippen molar-refractivity contribution in [3.05, 3.63) is 61.7 Å². The molecule has 0 unspecified atom stereocenters. The lowest BCUT2D eigenvalue weighted by atomic mass is 9.76. The molecule has 222 valence electrons. The zero-order chi connectivity index (χ0) is 30.3. The maximum atomic E-state index is 15.1. The lowest BCUT2D eigenvalue weighted by molar-refractivity contribution is -0.153. The van der Waals surface area contributed by atoms with Gasteiger partial charge >= 0.3 is 5.97 Å². The number of pyridine rings is 2. The number of aryl methyl sites for hydroxylation is 1. The number of hydrogen-bond donors (Lipinski definition) is 1. The first-order valence-electron chi connectivity index (χ1n) is 14.8. The van der Waals surface area contributed by atoms with Gasteiger partial charge < -0.3 is 19.4 Å². The van der Waals surface area contributed by atoms with Crippen LogP contribution in [-0.2, 0) is 44.1 Å². The molecule has 0 saturated carbocycles. The van der Waals surface area contributed by atoms with Crippen LogP contribution in [0.5, 0.6) is 0 Å². The second-order valence-corrected chi connectivity index (χ2v) is 13.0. The van der Waals surface area contributed by atoms with Crippen molar-refractivity contribution in [1.82, 2.24) is 14.9 Å². The molecular formula is C33H38FN3O5. The number of aromatic nitrogens is 2. The van der Waals surface area contributed by atoms with Crippen LogP contribution in [0.2, 0.25) is 0 Å². The number of hydrogen-bond acceptors (Lipinski definition) is 6. The Morgan fingerprint density at radius 2 is 2.00 bits per heavy atom. The van der Waals surface area contributed by atoms with Crippen molar-refractivity contribution < 1.29 is 23.5 Å². The largest absolute Gasteiger partial charge is 0.460 e. The average molecular weight is 576 g/mol. The van der Waals surface area contributed by atoms with Gasteiger partial charge in [0.2, 0.25) is 5.91 Å². The van der Waals surface area contributed by atoms with Gasteiger partial charge in [-0.2, -0.15) is 0 Å². The Labute approximate surface area is 244 Å². The highest BCUT2D eigenvalue weighted by atomic mass is 19.1. The second kappa shape index (κ2) is 9.73. The lowest BCUT2D eigenvalue weighted by Crippen LogP contribution is -2.42. The van der Waals surface area contributed by atoms with E-state index in [2.05, 4.69) is 5.32 Å². The van der Waals surface area contributed by atoms with Gasteiger partial charge in [-0.05, 0) is 89.1 Å². The molecule has 1 amide bonds. The molecule has 8 nitrogen and oxygen atoms in total. The molecule has 4 heterocycles. The normalized spacial score (nSPS) is 20.8. The summed E-state index contributed by atoms with van der Waals surface area (Å²) in [5.41, 5.74) is 4.24. The first-order chi connectivity index (χ1) is 19.8. The van der Waals surface area contributed by atoms with Crippen LogP contribution in [-0.4, -0.2) is 33.1 Å². The molecule has 0 bridgehead atoms. The van der Waals surface area contributed by atoms with Crippen LogP contribution < -0.4 is 10.9 Å². The van der Waals surface area contributed by atoms with Gasteiger partial charge in [0, 0.05) is 17.0 Å². The number of halogens is 1. The molecule has 0 spiro atoms. The highest BCUT2D eigenvalue weighted by Gasteiger charge is 2.44. The van der Waals surface area contributed by atoms with Crippen LogP contribution in [0.4, 0.5) is 4.39 Å². The van der Waals surface area contributed by atoms with Crippen LogP contribution in [0.1, 0.15) is 100 Å². The predicted molar refractivity (Wildman–Crippen MR) is 157 cm³/mol. The Balaban J connectivity index is 1.52. The molecule has 3 aromatic rings. The summed E-state index contributed by atoms with van der Waals surface area (Å²) in [6.45, 7) is 13.4. The Bertz CT molecular complexity index is 1740. The molecular weight excluding hydrogens is 537 g/mol. The van der Waals surface area contributed by atoms with Gasteiger partial charge in [-0.1, -0.05) is 6.92 Å². The number of nitrogens with zero attached hydrogens (tertiary/aromatic N) is 2. The standard InChI is InChI=1S/C33H38FN3O5/c1-8-33(7)21-11-25-29-19(14-37(25)30(39)20(21)15-41-31(33)40)28-23(35-26(38)13-32(5,6)42-16(2)3)10-9-18-17(4)22(34)12-24(36-29)27(18)28/h11-12,16,23H,8-10,13-15H2,1-7H3,(H,35,38)/t23-,33+/m0/s1. The van der Waals surface area contributed by atoms with Crippen molar-refractivity contribution in [3.8, 4) is 11.4 Å². The van der Waals surface area contributed by atoms with Crippen molar-refractivity contribution >= 4 is 22.8 Å². The van der Waals surface area contributed by atoms with Gasteiger partial charge in [0.05, 0.1) is 58.6 Å². The lowest BCUT2D eigenvalue weighted by Gasteiger charge is -2.33. The maximum absolute atomic E-state index is 15.1. The number of amides is 1. The third-order valence-corrected chi connectivity index (χ3v) is 9.31. The van der Waals surface area contributed by atoms with E-state index in [1.54, 1.807) is 18.4 Å². The summed E-state index contributed by atoms with van der Waals surface area (Å²) in [6.07, 6.45) is 1.83. The molecule has 2 aliphatic heterocycles. The molecule has 1 aromatic carbocycles. The van der Waals surface area contributed by atoms with Gasteiger partial charge in [-0.25, -0.2) is 9.37 Å².